The van der Waals surface area contributed by atoms with Gasteiger partial charge in [-0.2, -0.15) is 4.98 Å². The highest BCUT2D eigenvalue weighted by Crippen LogP contribution is 2.37. The summed E-state index contributed by atoms with van der Waals surface area (Å²) in [7, 11) is 0. The number of thiazole rings is 1. The number of para-hydroxylation sites is 1. The van der Waals surface area contributed by atoms with E-state index in [2.05, 4.69) is 20.3 Å². The first-order chi connectivity index (χ1) is 13.9. The highest BCUT2D eigenvalue weighted by Gasteiger charge is 2.26. The van der Waals surface area contributed by atoms with E-state index in [1.54, 1.807) is 12.1 Å². The van der Waals surface area contributed by atoms with Gasteiger partial charge in [-0.15, -0.1) is 0 Å². The van der Waals surface area contributed by atoms with Gasteiger partial charge in [-0.05, 0) is 55.7 Å². The van der Waals surface area contributed by atoms with Gasteiger partial charge in [-0.1, -0.05) is 29.5 Å². The summed E-state index contributed by atoms with van der Waals surface area (Å²) in [6, 6.07) is 11.4. The maximum atomic E-state index is 11.8. The van der Waals surface area contributed by atoms with Gasteiger partial charge in [-0.3, -0.25) is 10.1 Å². The molecule has 0 bridgehead atoms. The van der Waals surface area contributed by atoms with Crippen molar-refractivity contribution in [3.8, 4) is 11.6 Å². The van der Waals surface area contributed by atoms with Crippen molar-refractivity contribution < 1.29 is 9.66 Å². The van der Waals surface area contributed by atoms with E-state index in [4.69, 9.17) is 4.74 Å². The molecule has 2 aromatic carbocycles. The van der Waals surface area contributed by atoms with Gasteiger partial charge < -0.3 is 10.1 Å². The van der Waals surface area contributed by atoms with Crippen LogP contribution in [0.25, 0.3) is 10.2 Å². The third-order valence-corrected chi connectivity index (χ3v) is 5.16. The Morgan fingerprint density at radius 1 is 1.10 bits per heavy atom. The van der Waals surface area contributed by atoms with Crippen molar-refractivity contribution >= 4 is 38.2 Å². The SMILES string of the molecule is Cc1cc(C)cc(Oc2ncnc(Nc3nc4c(C)cccc4s3)c2[N+](=O)[O-])c1. The molecule has 0 saturated carbocycles. The third-order valence-electron chi connectivity index (χ3n) is 4.23. The van der Waals surface area contributed by atoms with E-state index >= 15 is 0 Å². The zero-order valence-electron chi connectivity index (χ0n) is 16.0. The maximum Gasteiger partial charge on any atom is 0.373 e. The molecule has 0 spiro atoms. The van der Waals surface area contributed by atoms with Gasteiger partial charge in [0.1, 0.15) is 12.1 Å². The Kier molecular flexibility index (Phi) is 4.81. The average molecular weight is 407 g/mol. The van der Waals surface area contributed by atoms with E-state index in [9.17, 15) is 10.1 Å². The van der Waals surface area contributed by atoms with Crippen LogP contribution < -0.4 is 10.1 Å². The Morgan fingerprint density at radius 2 is 1.86 bits per heavy atom. The fourth-order valence-corrected chi connectivity index (χ4v) is 3.98. The number of benzene rings is 2. The summed E-state index contributed by atoms with van der Waals surface area (Å²) < 4.78 is 6.72. The highest BCUT2D eigenvalue weighted by atomic mass is 32.1. The standard InChI is InChI=1S/C20H17N5O3S/c1-11-7-12(2)9-14(8-11)28-19-17(25(26)27)18(21-10-22-19)24-20-23-16-13(3)5-4-6-15(16)29-20/h4-10H,1-3H3,(H,21,22,23,24). The Bertz CT molecular complexity index is 1220. The third kappa shape index (κ3) is 3.85. The summed E-state index contributed by atoms with van der Waals surface area (Å²) >= 11 is 1.39. The number of nitrogens with one attached hydrogen (secondary N) is 1. The van der Waals surface area contributed by atoms with Gasteiger partial charge in [0, 0.05) is 0 Å². The molecule has 2 heterocycles. The predicted molar refractivity (Wildman–Crippen MR) is 112 cm³/mol. The van der Waals surface area contributed by atoms with Gasteiger partial charge in [0.2, 0.25) is 5.82 Å². The lowest BCUT2D eigenvalue weighted by molar-refractivity contribution is -0.385. The normalized spacial score (nSPS) is 10.9. The van der Waals surface area contributed by atoms with E-state index < -0.39 is 4.92 Å². The van der Waals surface area contributed by atoms with Crippen molar-refractivity contribution in [1.29, 1.82) is 0 Å². The molecule has 0 aliphatic carbocycles. The summed E-state index contributed by atoms with van der Waals surface area (Å²) in [5, 5.41) is 15.2. The van der Waals surface area contributed by atoms with Crippen molar-refractivity contribution in [2.45, 2.75) is 20.8 Å². The molecule has 1 N–H and O–H groups in total. The number of hydrogen-bond donors (Lipinski definition) is 1. The van der Waals surface area contributed by atoms with E-state index in [-0.39, 0.29) is 17.4 Å². The zero-order valence-corrected chi connectivity index (χ0v) is 16.8. The number of aromatic nitrogens is 3. The minimum Gasteiger partial charge on any atom is -0.434 e. The molecular formula is C20H17N5O3S. The first-order valence-electron chi connectivity index (χ1n) is 8.79. The number of anilines is 2. The molecule has 0 aliphatic rings. The number of nitro groups is 1. The van der Waals surface area contributed by atoms with Crippen LogP contribution in [0.15, 0.2) is 42.7 Å². The molecular weight excluding hydrogens is 390 g/mol. The molecule has 9 heteroatoms. The molecule has 0 atom stereocenters. The molecule has 0 fully saturated rings. The largest absolute Gasteiger partial charge is 0.434 e. The van der Waals surface area contributed by atoms with Crippen LogP contribution in [0.5, 0.6) is 11.6 Å². The lowest BCUT2D eigenvalue weighted by Crippen LogP contribution is -2.03. The Hall–Kier alpha value is -3.59. The molecule has 4 rings (SSSR count). The lowest BCUT2D eigenvalue weighted by atomic mass is 10.1. The number of fused-ring (bicyclic) bond motifs is 1. The molecule has 0 unspecified atom stereocenters. The van der Waals surface area contributed by atoms with E-state index in [0.29, 0.717) is 10.9 Å². The fraction of sp³-hybridized carbons (Fsp3) is 0.150. The summed E-state index contributed by atoms with van der Waals surface area (Å²) in [6.07, 6.45) is 1.23. The highest BCUT2D eigenvalue weighted by molar-refractivity contribution is 7.22. The van der Waals surface area contributed by atoms with Crippen molar-refractivity contribution in [3.05, 3.63) is 69.5 Å². The molecule has 29 heavy (non-hydrogen) atoms. The van der Waals surface area contributed by atoms with Gasteiger partial charge in [0.05, 0.1) is 15.1 Å². The molecule has 0 radical (unpaired) electrons. The number of hydrogen-bond acceptors (Lipinski definition) is 8. The topological polar surface area (TPSA) is 103 Å². The minimum absolute atomic E-state index is 0.0288. The van der Waals surface area contributed by atoms with Crippen LogP contribution in [0, 0.1) is 30.9 Å². The zero-order chi connectivity index (χ0) is 20.5. The smallest absolute Gasteiger partial charge is 0.373 e. The second kappa shape index (κ2) is 7.44. The van der Waals surface area contributed by atoms with Gasteiger partial charge >= 0.3 is 11.6 Å². The minimum atomic E-state index is -0.557. The van der Waals surface area contributed by atoms with Crippen molar-refractivity contribution in [3.63, 3.8) is 0 Å². The van der Waals surface area contributed by atoms with Gasteiger partial charge in [0.25, 0.3) is 0 Å². The number of aryl methyl sites for hydroxylation is 3. The first-order valence-corrected chi connectivity index (χ1v) is 9.61. The quantitative estimate of drug-likeness (QED) is 0.346. The maximum absolute atomic E-state index is 11.8. The first kappa shape index (κ1) is 18.8. The summed E-state index contributed by atoms with van der Waals surface area (Å²) in [4.78, 5) is 23.8. The van der Waals surface area contributed by atoms with Gasteiger partial charge in [-0.25, -0.2) is 9.97 Å². The van der Waals surface area contributed by atoms with Crippen LogP contribution in [0.2, 0.25) is 0 Å². The van der Waals surface area contributed by atoms with Crippen LogP contribution in [-0.2, 0) is 0 Å². The lowest BCUT2D eigenvalue weighted by Gasteiger charge is -2.09. The van der Waals surface area contributed by atoms with Crippen LogP contribution in [0.1, 0.15) is 16.7 Å². The van der Waals surface area contributed by atoms with E-state index in [1.165, 1.54) is 17.7 Å². The van der Waals surface area contributed by atoms with Gasteiger partial charge in [0.15, 0.2) is 5.13 Å². The Balaban J connectivity index is 1.72. The van der Waals surface area contributed by atoms with Crippen LogP contribution in [0.4, 0.5) is 16.6 Å². The van der Waals surface area contributed by atoms with Crippen molar-refractivity contribution in [2.75, 3.05) is 5.32 Å². The monoisotopic (exact) mass is 407 g/mol. The summed E-state index contributed by atoms with van der Waals surface area (Å²) in [6.45, 7) is 5.82. The average Bonchev–Trinajstić information content (AvgIpc) is 3.04. The molecule has 2 aromatic heterocycles. The van der Waals surface area contributed by atoms with Crippen LogP contribution in [0.3, 0.4) is 0 Å². The number of nitrogens with zero attached hydrogens (tertiary/aromatic N) is 4. The predicted octanol–water partition coefficient (Wildman–Crippen LogP) is 5.46. The molecule has 4 aromatic rings. The fourth-order valence-electron chi connectivity index (χ4n) is 3.04. The number of ether oxygens (including phenoxy) is 1. The molecule has 146 valence electrons. The van der Waals surface area contributed by atoms with E-state index in [1.807, 2.05) is 45.0 Å². The molecule has 0 saturated heterocycles. The van der Waals surface area contributed by atoms with Crippen LogP contribution in [-0.4, -0.2) is 19.9 Å². The number of rotatable bonds is 5. The van der Waals surface area contributed by atoms with Crippen LogP contribution >= 0.6 is 11.3 Å². The summed E-state index contributed by atoms with van der Waals surface area (Å²) in [5.74, 6) is 0.377. The second-order valence-electron chi connectivity index (χ2n) is 6.62. The summed E-state index contributed by atoms with van der Waals surface area (Å²) in [5.41, 5.74) is 3.51. The second-order valence-corrected chi connectivity index (χ2v) is 7.65. The molecule has 8 nitrogen and oxygen atoms in total. The Morgan fingerprint density at radius 3 is 2.55 bits per heavy atom. The Labute approximate surface area is 170 Å². The van der Waals surface area contributed by atoms with E-state index in [0.717, 1.165) is 26.9 Å². The molecule has 0 aliphatic heterocycles. The van der Waals surface area contributed by atoms with Crippen molar-refractivity contribution in [2.24, 2.45) is 0 Å². The molecule has 0 amide bonds. The van der Waals surface area contributed by atoms with Crippen molar-refractivity contribution in [1.82, 2.24) is 15.0 Å².